The first-order chi connectivity index (χ1) is 5.52. The summed E-state index contributed by atoms with van der Waals surface area (Å²) in [4.78, 5) is 10.1. The molecule has 0 aromatic rings. The zero-order valence-electron chi connectivity index (χ0n) is 7.49. The van der Waals surface area contributed by atoms with Crippen molar-refractivity contribution in [2.24, 2.45) is 0 Å². The number of carboxylic acids is 1. The Morgan fingerprint density at radius 3 is 2.50 bits per heavy atom. The van der Waals surface area contributed by atoms with Gasteiger partial charge in [0.05, 0.1) is 18.8 Å². The molecular weight excluding hydrogens is 160 g/mol. The van der Waals surface area contributed by atoms with E-state index in [0.717, 1.165) is 0 Å². The van der Waals surface area contributed by atoms with E-state index in [1.807, 2.05) is 13.8 Å². The summed E-state index contributed by atoms with van der Waals surface area (Å²) < 4.78 is 5.09. The Morgan fingerprint density at radius 1 is 1.50 bits per heavy atom. The molecule has 0 saturated heterocycles. The number of carbonyl (C=O) groups is 1. The number of ether oxygens (including phenoxy) is 1. The largest absolute Gasteiger partial charge is 0.481 e. The fraction of sp³-hybridized carbons (Fsp3) is 0.875. The maximum absolute atomic E-state index is 10.1. The molecule has 0 fully saturated rings. The summed E-state index contributed by atoms with van der Waals surface area (Å²) in [6, 6.07) is 0. The van der Waals surface area contributed by atoms with Crippen LogP contribution in [0.5, 0.6) is 0 Å². The molecule has 0 rings (SSSR count). The molecule has 0 amide bonds. The Labute approximate surface area is 72.2 Å². The zero-order valence-corrected chi connectivity index (χ0v) is 7.49. The summed E-state index contributed by atoms with van der Waals surface area (Å²) in [6.45, 7) is 3.94. The van der Waals surface area contributed by atoms with Gasteiger partial charge in [0.1, 0.15) is 0 Å². The number of hydrogen-bond acceptors (Lipinski definition) is 3. The molecule has 0 saturated carbocycles. The van der Waals surface area contributed by atoms with Gasteiger partial charge in [-0.15, -0.1) is 0 Å². The highest BCUT2D eigenvalue weighted by molar-refractivity contribution is 5.66. The second-order valence-corrected chi connectivity index (χ2v) is 2.97. The van der Waals surface area contributed by atoms with Crippen LogP contribution in [0.1, 0.15) is 26.7 Å². The summed E-state index contributed by atoms with van der Waals surface area (Å²) in [5, 5.41) is 17.4. The summed E-state index contributed by atoms with van der Waals surface area (Å²) in [5.41, 5.74) is 0. The van der Waals surface area contributed by atoms with Crippen molar-refractivity contribution < 1.29 is 19.7 Å². The van der Waals surface area contributed by atoms with Crippen LogP contribution in [-0.2, 0) is 9.53 Å². The van der Waals surface area contributed by atoms with Crippen molar-refractivity contribution in [3.05, 3.63) is 0 Å². The van der Waals surface area contributed by atoms with Gasteiger partial charge < -0.3 is 14.9 Å². The molecule has 0 spiro atoms. The van der Waals surface area contributed by atoms with Crippen LogP contribution in [0.2, 0.25) is 0 Å². The van der Waals surface area contributed by atoms with Gasteiger partial charge in [0, 0.05) is 6.42 Å². The molecule has 0 aromatic carbocycles. The third kappa shape index (κ3) is 7.50. The summed E-state index contributed by atoms with van der Waals surface area (Å²) in [7, 11) is 0. The molecule has 1 atom stereocenters. The Morgan fingerprint density at radius 2 is 2.08 bits per heavy atom. The normalized spacial score (nSPS) is 13.3. The highest BCUT2D eigenvalue weighted by Gasteiger charge is 2.07. The first-order valence-corrected chi connectivity index (χ1v) is 4.04. The van der Waals surface area contributed by atoms with E-state index in [4.69, 9.17) is 14.9 Å². The Bertz CT molecular complexity index is 133. The van der Waals surface area contributed by atoms with Gasteiger partial charge >= 0.3 is 5.97 Å². The second-order valence-electron chi connectivity index (χ2n) is 2.97. The van der Waals surface area contributed by atoms with E-state index < -0.39 is 12.1 Å². The van der Waals surface area contributed by atoms with Crippen molar-refractivity contribution in [1.29, 1.82) is 0 Å². The van der Waals surface area contributed by atoms with Gasteiger partial charge in [-0.2, -0.15) is 0 Å². The predicted octanol–water partition coefficient (Wildman–Crippen LogP) is 0.637. The molecule has 1 unspecified atom stereocenters. The minimum absolute atomic E-state index is 0.0113. The Hall–Kier alpha value is -0.610. The minimum atomic E-state index is -0.890. The van der Waals surface area contributed by atoms with Crippen molar-refractivity contribution in [1.82, 2.24) is 0 Å². The number of rotatable bonds is 6. The topological polar surface area (TPSA) is 66.8 Å². The predicted molar refractivity (Wildman–Crippen MR) is 44.0 cm³/mol. The van der Waals surface area contributed by atoms with Crippen LogP contribution in [0.15, 0.2) is 0 Å². The van der Waals surface area contributed by atoms with Crippen LogP contribution in [0, 0.1) is 0 Å². The fourth-order valence-corrected chi connectivity index (χ4v) is 0.677. The Kier molecular flexibility index (Phi) is 5.66. The number of carboxylic acid groups (broad SMARTS) is 1. The first kappa shape index (κ1) is 11.4. The van der Waals surface area contributed by atoms with Crippen molar-refractivity contribution in [3.63, 3.8) is 0 Å². The van der Waals surface area contributed by atoms with Gasteiger partial charge in [-0.05, 0) is 20.3 Å². The molecule has 0 radical (unpaired) electrons. The zero-order chi connectivity index (χ0) is 9.56. The highest BCUT2D eigenvalue weighted by Crippen LogP contribution is 1.99. The van der Waals surface area contributed by atoms with E-state index in [1.165, 1.54) is 0 Å². The van der Waals surface area contributed by atoms with Crippen molar-refractivity contribution in [3.8, 4) is 0 Å². The molecule has 12 heavy (non-hydrogen) atoms. The lowest BCUT2D eigenvalue weighted by molar-refractivity contribution is -0.137. The molecule has 0 bridgehead atoms. The molecule has 0 aliphatic carbocycles. The SMILES string of the molecule is CC(C)OCC(O)CCC(=O)O. The molecule has 4 nitrogen and oxygen atoms in total. The monoisotopic (exact) mass is 176 g/mol. The van der Waals surface area contributed by atoms with E-state index in [2.05, 4.69) is 0 Å². The summed E-state index contributed by atoms with van der Waals surface area (Å²) in [5.74, 6) is -0.890. The third-order valence-corrected chi connectivity index (χ3v) is 1.31. The first-order valence-electron chi connectivity index (χ1n) is 4.04. The van der Waals surface area contributed by atoms with Crippen LogP contribution in [-0.4, -0.2) is 35.0 Å². The van der Waals surface area contributed by atoms with Crippen LogP contribution >= 0.6 is 0 Å². The van der Waals surface area contributed by atoms with E-state index in [1.54, 1.807) is 0 Å². The van der Waals surface area contributed by atoms with Gasteiger partial charge in [-0.3, -0.25) is 4.79 Å². The van der Waals surface area contributed by atoms with Gasteiger partial charge in [0.15, 0.2) is 0 Å². The summed E-state index contributed by atoms with van der Waals surface area (Å²) >= 11 is 0. The average Bonchev–Trinajstić information content (AvgIpc) is 1.96. The highest BCUT2D eigenvalue weighted by atomic mass is 16.5. The molecule has 4 heteroatoms. The number of aliphatic hydroxyl groups is 1. The van der Waals surface area contributed by atoms with E-state index in [0.29, 0.717) is 0 Å². The van der Waals surface area contributed by atoms with Gasteiger partial charge in [0.2, 0.25) is 0 Å². The number of aliphatic carboxylic acids is 1. The van der Waals surface area contributed by atoms with Crippen LogP contribution in [0.25, 0.3) is 0 Å². The van der Waals surface area contributed by atoms with E-state index in [-0.39, 0.29) is 25.6 Å². The molecule has 2 N–H and O–H groups in total. The molecule has 0 heterocycles. The second kappa shape index (κ2) is 5.97. The van der Waals surface area contributed by atoms with E-state index in [9.17, 15) is 4.79 Å². The van der Waals surface area contributed by atoms with Gasteiger partial charge in [-0.1, -0.05) is 0 Å². The van der Waals surface area contributed by atoms with Crippen molar-refractivity contribution in [2.75, 3.05) is 6.61 Å². The standard InChI is InChI=1S/C8H16O4/c1-6(2)12-5-7(9)3-4-8(10)11/h6-7,9H,3-5H2,1-2H3,(H,10,11). The maximum Gasteiger partial charge on any atom is 0.303 e. The van der Waals surface area contributed by atoms with Crippen LogP contribution in [0.4, 0.5) is 0 Å². The maximum atomic E-state index is 10.1. The van der Waals surface area contributed by atoms with E-state index >= 15 is 0 Å². The molecule has 0 aromatic heterocycles. The average molecular weight is 176 g/mol. The molecule has 72 valence electrons. The number of aliphatic hydroxyl groups excluding tert-OH is 1. The van der Waals surface area contributed by atoms with Gasteiger partial charge in [-0.25, -0.2) is 0 Å². The number of hydrogen-bond donors (Lipinski definition) is 2. The molecule has 0 aliphatic heterocycles. The fourth-order valence-electron chi connectivity index (χ4n) is 0.677. The minimum Gasteiger partial charge on any atom is -0.481 e. The van der Waals surface area contributed by atoms with Crippen LogP contribution in [0.3, 0.4) is 0 Å². The van der Waals surface area contributed by atoms with Crippen molar-refractivity contribution >= 4 is 5.97 Å². The van der Waals surface area contributed by atoms with Crippen molar-refractivity contribution in [2.45, 2.75) is 38.9 Å². The quantitative estimate of drug-likeness (QED) is 0.623. The third-order valence-electron chi connectivity index (χ3n) is 1.31. The van der Waals surface area contributed by atoms with Gasteiger partial charge in [0.25, 0.3) is 0 Å². The lowest BCUT2D eigenvalue weighted by atomic mass is 10.2. The Balaban J connectivity index is 3.33. The summed E-state index contributed by atoms with van der Waals surface area (Å²) in [6.07, 6.45) is -0.349. The van der Waals surface area contributed by atoms with Crippen LogP contribution < -0.4 is 0 Å². The smallest absolute Gasteiger partial charge is 0.303 e. The lowest BCUT2D eigenvalue weighted by Gasteiger charge is -2.11. The molecular formula is C8H16O4. The lowest BCUT2D eigenvalue weighted by Crippen LogP contribution is -2.19. The molecule has 0 aliphatic rings.